The Morgan fingerprint density at radius 1 is 1.13 bits per heavy atom. The summed E-state index contributed by atoms with van der Waals surface area (Å²) in [6.45, 7) is 6.97. The van der Waals surface area contributed by atoms with Crippen molar-refractivity contribution in [1.82, 2.24) is 0 Å². The Morgan fingerprint density at radius 2 is 1.80 bits per heavy atom. The summed E-state index contributed by atoms with van der Waals surface area (Å²) >= 11 is 0. The van der Waals surface area contributed by atoms with Gasteiger partial charge in [-0.3, -0.25) is 0 Å². The summed E-state index contributed by atoms with van der Waals surface area (Å²) < 4.78 is 0. The molecule has 0 saturated heterocycles. The molecule has 1 atom stereocenters. The average molecular weight is 218 g/mol. The molecule has 0 spiro atoms. The number of fused-ring (bicyclic) bond motifs is 1. The van der Waals surface area contributed by atoms with E-state index in [-0.39, 0.29) is 7.92 Å². The van der Waals surface area contributed by atoms with Crippen molar-refractivity contribution in [3.05, 3.63) is 41.0 Å². The Morgan fingerprint density at radius 3 is 2.47 bits per heavy atom. The molecule has 1 aromatic rings. The third kappa shape index (κ3) is 1.88. The molecular weight excluding hydrogens is 199 g/mol. The van der Waals surface area contributed by atoms with Crippen molar-refractivity contribution >= 4 is 14.0 Å². The van der Waals surface area contributed by atoms with Gasteiger partial charge in [0.1, 0.15) is 0 Å². The van der Waals surface area contributed by atoms with Crippen LogP contribution in [0, 0.1) is 0 Å². The van der Waals surface area contributed by atoms with Gasteiger partial charge in [0, 0.05) is 5.66 Å². The molecule has 1 heteroatoms. The molecule has 15 heavy (non-hydrogen) atoms. The first-order valence-corrected chi connectivity index (χ1v) is 7.57. The van der Waals surface area contributed by atoms with Crippen molar-refractivity contribution in [2.24, 2.45) is 0 Å². The normalized spacial score (nSPS) is 19.2. The van der Waals surface area contributed by atoms with Gasteiger partial charge in [0.25, 0.3) is 0 Å². The summed E-state index contributed by atoms with van der Waals surface area (Å²) in [5, 5.41) is 0. The maximum absolute atomic E-state index is 2.38. The van der Waals surface area contributed by atoms with Gasteiger partial charge >= 0.3 is 0 Å². The summed E-state index contributed by atoms with van der Waals surface area (Å²) in [5.41, 5.74) is 5.34. The average Bonchev–Trinajstić information content (AvgIpc) is 2.58. The molecule has 0 fully saturated rings. The molecule has 1 aromatic carbocycles. The highest BCUT2D eigenvalue weighted by atomic mass is 31.1. The van der Waals surface area contributed by atoms with Crippen LogP contribution in [0.25, 0.3) is 6.08 Å². The molecule has 80 valence electrons. The molecule has 0 amide bonds. The first-order valence-electron chi connectivity index (χ1n) is 5.79. The number of allylic oxidation sites excluding steroid dienone is 1. The van der Waals surface area contributed by atoms with Crippen LogP contribution in [0.1, 0.15) is 37.6 Å². The van der Waals surface area contributed by atoms with E-state index in [9.17, 15) is 0 Å². The van der Waals surface area contributed by atoms with Crippen LogP contribution in [0.5, 0.6) is 0 Å². The van der Waals surface area contributed by atoms with Crippen molar-refractivity contribution < 1.29 is 0 Å². The second-order valence-electron chi connectivity index (χ2n) is 4.14. The molecule has 2 rings (SSSR count). The third-order valence-corrected chi connectivity index (χ3v) is 6.32. The Labute approximate surface area is 94.2 Å². The second kappa shape index (κ2) is 4.49. The molecule has 0 saturated carbocycles. The van der Waals surface area contributed by atoms with E-state index in [4.69, 9.17) is 0 Å². The Kier molecular flexibility index (Phi) is 3.26. The van der Waals surface area contributed by atoms with Gasteiger partial charge in [-0.05, 0) is 30.4 Å². The lowest BCUT2D eigenvalue weighted by Crippen LogP contribution is -1.98. The van der Waals surface area contributed by atoms with E-state index in [1.54, 1.807) is 11.1 Å². The number of hydrogen-bond acceptors (Lipinski definition) is 0. The van der Waals surface area contributed by atoms with Gasteiger partial charge in [0.15, 0.2) is 0 Å². The zero-order valence-corrected chi connectivity index (χ0v) is 10.7. The Hall–Kier alpha value is -0.610. The molecule has 1 unspecified atom stereocenters. The van der Waals surface area contributed by atoms with E-state index >= 15 is 0 Å². The molecule has 0 radical (unpaired) electrons. The van der Waals surface area contributed by atoms with Gasteiger partial charge in [0.2, 0.25) is 0 Å². The molecule has 0 aromatic heterocycles. The number of hydrogen-bond donors (Lipinski definition) is 0. The van der Waals surface area contributed by atoms with Gasteiger partial charge in [-0.1, -0.05) is 57.7 Å². The minimum Gasteiger partial charge on any atom is -0.0953 e. The maximum Gasteiger partial charge on any atom is 0.0256 e. The van der Waals surface area contributed by atoms with E-state index in [0.29, 0.717) is 0 Å². The van der Waals surface area contributed by atoms with Crippen LogP contribution < -0.4 is 0 Å². The van der Waals surface area contributed by atoms with E-state index in [1.165, 1.54) is 17.9 Å². The van der Waals surface area contributed by atoms with Gasteiger partial charge in [-0.15, -0.1) is 0 Å². The minimum atomic E-state index is 0.148. The van der Waals surface area contributed by atoms with Gasteiger partial charge in [0.05, 0.1) is 0 Å². The van der Waals surface area contributed by atoms with Crippen LogP contribution in [-0.4, -0.2) is 12.3 Å². The molecule has 0 N–H and O–H groups in total. The zero-order chi connectivity index (χ0) is 10.8. The van der Waals surface area contributed by atoms with E-state index in [1.807, 2.05) is 0 Å². The van der Waals surface area contributed by atoms with Gasteiger partial charge in [-0.25, -0.2) is 0 Å². The van der Waals surface area contributed by atoms with Gasteiger partial charge in [-0.2, -0.15) is 0 Å². The fourth-order valence-corrected chi connectivity index (χ4v) is 4.99. The monoisotopic (exact) mass is 218 g/mol. The number of benzene rings is 1. The van der Waals surface area contributed by atoms with Crippen LogP contribution in [0.2, 0.25) is 0 Å². The smallest absolute Gasteiger partial charge is 0.0256 e. The summed E-state index contributed by atoms with van der Waals surface area (Å²) in [7, 11) is 0.148. The molecule has 0 nitrogen and oxygen atoms in total. The molecule has 0 heterocycles. The zero-order valence-electron chi connectivity index (χ0n) is 9.83. The summed E-state index contributed by atoms with van der Waals surface area (Å²) in [5.74, 6) is 0. The predicted octanol–water partition coefficient (Wildman–Crippen LogP) is 4.67. The largest absolute Gasteiger partial charge is 0.0953 e. The fourth-order valence-electron chi connectivity index (χ4n) is 2.53. The lowest BCUT2D eigenvalue weighted by atomic mass is 10.1. The van der Waals surface area contributed by atoms with Crippen LogP contribution in [-0.2, 0) is 0 Å². The first kappa shape index (κ1) is 10.9. The summed E-state index contributed by atoms with van der Waals surface area (Å²) in [6, 6.07) is 8.88. The minimum absolute atomic E-state index is 0.148. The molecule has 0 aliphatic heterocycles. The predicted molar refractivity (Wildman–Crippen MR) is 70.8 cm³/mol. The molecule has 0 bridgehead atoms. The SMILES string of the molecule is CCP(CC)C1C(C)=Cc2ccccc21. The first-order chi connectivity index (χ1) is 7.27. The number of rotatable bonds is 3. The lowest BCUT2D eigenvalue weighted by Gasteiger charge is -2.24. The molecule has 1 aliphatic carbocycles. The van der Waals surface area contributed by atoms with Crippen molar-refractivity contribution in [2.75, 3.05) is 12.3 Å². The lowest BCUT2D eigenvalue weighted by molar-refractivity contribution is 1.11. The topological polar surface area (TPSA) is 0 Å². The van der Waals surface area contributed by atoms with Crippen molar-refractivity contribution in [1.29, 1.82) is 0 Å². The Balaban J connectivity index is 2.38. The quantitative estimate of drug-likeness (QED) is 0.647. The van der Waals surface area contributed by atoms with Crippen LogP contribution >= 0.6 is 7.92 Å². The maximum atomic E-state index is 2.38. The van der Waals surface area contributed by atoms with Crippen molar-refractivity contribution in [3.63, 3.8) is 0 Å². The molecular formula is C14H19P. The summed E-state index contributed by atoms with van der Waals surface area (Å²) in [4.78, 5) is 0. The van der Waals surface area contributed by atoms with E-state index < -0.39 is 0 Å². The second-order valence-corrected chi connectivity index (χ2v) is 7.10. The van der Waals surface area contributed by atoms with Crippen molar-refractivity contribution in [3.8, 4) is 0 Å². The van der Waals surface area contributed by atoms with Crippen LogP contribution in [0.15, 0.2) is 29.8 Å². The van der Waals surface area contributed by atoms with E-state index in [2.05, 4.69) is 51.1 Å². The fraction of sp³-hybridized carbons (Fsp3) is 0.429. The van der Waals surface area contributed by atoms with Crippen LogP contribution in [0.3, 0.4) is 0 Å². The van der Waals surface area contributed by atoms with Gasteiger partial charge < -0.3 is 0 Å². The molecule has 1 aliphatic rings. The highest BCUT2D eigenvalue weighted by Crippen LogP contribution is 2.57. The van der Waals surface area contributed by atoms with Crippen LogP contribution in [0.4, 0.5) is 0 Å². The summed E-state index contributed by atoms with van der Waals surface area (Å²) in [6.07, 6.45) is 5.06. The highest BCUT2D eigenvalue weighted by Gasteiger charge is 2.27. The van der Waals surface area contributed by atoms with Crippen molar-refractivity contribution in [2.45, 2.75) is 26.4 Å². The highest BCUT2D eigenvalue weighted by molar-refractivity contribution is 7.58. The Bertz CT molecular complexity index is 375. The third-order valence-electron chi connectivity index (χ3n) is 3.28. The van der Waals surface area contributed by atoms with E-state index in [0.717, 1.165) is 5.66 Å². The standard InChI is InChI=1S/C14H19P/c1-4-15(5-2)14-11(3)10-12-8-6-7-9-13(12)14/h6-10,14H,4-5H2,1-3H3.